The van der Waals surface area contributed by atoms with Gasteiger partial charge in [0.05, 0.1) is 18.7 Å². The van der Waals surface area contributed by atoms with Crippen LogP contribution < -0.4 is 10.2 Å². The molecule has 4 nitrogen and oxygen atoms in total. The smallest absolute Gasteiger partial charge is 0.280 e. The minimum atomic E-state index is -0.0310. The van der Waals surface area contributed by atoms with Gasteiger partial charge in [-0.25, -0.2) is 0 Å². The molecule has 1 aliphatic rings. The zero-order valence-corrected chi connectivity index (χ0v) is 17.4. The highest BCUT2D eigenvalue weighted by Gasteiger charge is 2.27. The minimum Gasteiger partial charge on any atom is -0.328 e. The molecule has 1 aliphatic carbocycles. The van der Waals surface area contributed by atoms with E-state index in [1.165, 1.54) is 9.78 Å². The highest BCUT2D eigenvalue weighted by atomic mass is 35.5. The summed E-state index contributed by atoms with van der Waals surface area (Å²) in [6, 6.07) is 6.97. The lowest BCUT2D eigenvalue weighted by atomic mass is 9.92. The van der Waals surface area contributed by atoms with Crippen LogP contribution in [0.5, 0.6) is 0 Å². The van der Waals surface area contributed by atoms with Gasteiger partial charge >= 0.3 is 0 Å². The number of ketones is 1. The molecule has 0 saturated heterocycles. The third kappa shape index (κ3) is 4.60. The molecule has 0 spiro atoms. The number of likely N-dealkylation sites (N-methyl/N-ethyl adjacent to an activating group) is 1. The van der Waals surface area contributed by atoms with Crippen molar-refractivity contribution in [3.05, 3.63) is 50.9 Å². The van der Waals surface area contributed by atoms with Crippen LogP contribution in [0, 0.1) is 0 Å². The van der Waals surface area contributed by atoms with E-state index in [-0.39, 0.29) is 11.7 Å². The summed E-state index contributed by atoms with van der Waals surface area (Å²) in [5.41, 5.74) is 2.41. The van der Waals surface area contributed by atoms with Crippen LogP contribution in [-0.4, -0.2) is 31.3 Å². The lowest BCUT2D eigenvalue weighted by Crippen LogP contribution is -3.12. The number of amides is 1. The second-order valence-electron chi connectivity index (χ2n) is 6.93. The molecule has 0 unspecified atom stereocenters. The van der Waals surface area contributed by atoms with Crippen molar-refractivity contribution < 1.29 is 14.5 Å². The first kappa shape index (κ1) is 20.1. The molecule has 0 saturated carbocycles. The fourth-order valence-corrected chi connectivity index (χ4v) is 4.97. The van der Waals surface area contributed by atoms with Crippen LogP contribution in [0.4, 0.5) is 5.00 Å². The number of hydrogen-bond acceptors (Lipinski definition) is 3. The van der Waals surface area contributed by atoms with Gasteiger partial charge in [0.25, 0.3) is 5.91 Å². The third-order valence-electron chi connectivity index (χ3n) is 5.17. The number of carbonyl (C=O) groups is 2. The van der Waals surface area contributed by atoms with Crippen molar-refractivity contribution in [3.63, 3.8) is 0 Å². The molecule has 6 heteroatoms. The summed E-state index contributed by atoms with van der Waals surface area (Å²) in [6.07, 6.45) is 4.11. The summed E-state index contributed by atoms with van der Waals surface area (Å²) < 4.78 is 0. The van der Waals surface area contributed by atoms with Gasteiger partial charge < -0.3 is 10.2 Å². The van der Waals surface area contributed by atoms with Gasteiger partial charge in [-0.1, -0.05) is 11.6 Å². The number of anilines is 1. The molecule has 2 aromatic rings. The van der Waals surface area contributed by atoms with Crippen molar-refractivity contribution in [1.29, 1.82) is 0 Å². The molecular weight excluding hydrogens is 380 g/mol. The number of nitrogens with one attached hydrogen (secondary N) is 2. The van der Waals surface area contributed by atoms with E-state index in [9.17, 15) is 9.59 Å². The Kier molecular flexibility index (Phi) is 6.68. The summed E-state index contributed by atoms with van der Waals surface area (Å²) in [4.78, 5) is 28.3. The fraction of sp³-hybridized carbons (Fsp3) is 0.429. The Morgan fingerprint density at radius 1 is 1.11 bits per heavy atom. The Bertz CT molecular complexity index is 825. The van der Waals surface area contributed by atoms with Gasteiger partial charge in [0.2, 0.25) is 0 Å². The zero-order valence-electron chi connectivity index (χ0n) is 15.9. The first-order valence-electron chi connectivity index (χ1n) is 9.61. The molecule has 0 radical (unpaired) electrons. The predicted octanol–water partition coefficient (Wildman–Crippen LogP) is 3.37. The molecule has 1 aromatic carbocycles. The highest BCUT2D eigenvalue weighted by molar-refractivity contribution is 7.17. The predicted molar refractivity (Wildman–Crippen MR) is 111 cm³/mol. The first-order valence-corrected chi connectivity index (χ1v) is 10.8. The Morgan fingerprint density at radius 2 is 1.78 bits per heavy atom. The van der Waals surface area contributed by atoms with Gasteiger partial charge in [-0.15, -0.1) is 11.3 Å². The topological polar surface area (TPSA) is 50.6 Å². The molecule has 1 aromatic heterocycles. The van der Waals surface area contributed by atoms with E-state index in [1.807, 2.05) is 0 Å². The highest BCUT2D eigenvalue weighted by Crippen LogP contribution is 2.39. The van der Waals surface area contributed by atoms with Crippen molar-refractivity contribution in [3.8, 4) is 0 Å². The van der Waals surface area contributed by atoms with Crippen molar-refractivity contribution in [2.24, 2.45) is 0 Å². The van der Waals surface area contributed by atoms with Crippen molar-refractivity contribution in [2.45, 2.75) is 39.5 Å². The number of benzene rings is 1. The second kappa shape index (κ2) is 9.00. The Hall–Kier alpha value is -1.69. The number of aryl methyl sites for hydroxylation is 1. The van der Waals surface area contributed by atoms with Crippen LogP contribution in [0.1, 0.15) is 53.1 Å². The van der Waals surface area contributed by atoms with Crippen LogP contribution in [0.2, 0.25) is 5.02 Å². The van der Waals surface area contributed by atoms with Crippen LogP contribution in [0.3, 0.4) is 0 Å². The van der Waals surface area contributed by atoms with Crippen LogP contribution in [-0.2, 0) is 17.6 Å². The number of thiophene rings is 1. The molecule has 0 bridgehead atoms. The molecular formula is C21H26ClN2O2S+. The summed E-state index contributed by atoms with van der Waals surface area (Å²) >= 11 is 7.53. The standard InChI is InChI=1S/C21H25ClN2O2S/c1-3-24(4-2)13-18(25)23-21-19(16-7-5-6-8-17(16)27-21)20(26)14-9-11-15(22)12-10-14/h9-12H,3-8,13H2,1-2H3,(H,23,25)/p+1. The van der Waals surface area contributed by atoms with Gasteiger partial charge in [0.15, 0.2) is 12.3 Å². The van der Waals surface area contributed by atoms with E-state index < -0.39 is 0 Å². The van der Waals surface area contributed by atoms with E-state index in [0.717, 1.165) is 44.3 Å². The van der Waals surface area contributed by atoms with Crippen molar-refractivity contribution in [2.75, 3.05) is 25.0 Å². The van der Waals surface area contributed by atoms with Gasteiger partial charge in [-0.2, -0.15) is 0 Å². The average molecular weight is 406 g/mol. The zero-order chi connectivity index (χ0) is 19.4. The normalized spacial score (nSPS) is 13.5. The summed E-state index contributed by atoms with van der Waals surface area (Å²) in [5, 5.41) is 4.35. The molecule has 0 atom stereocenters. The van der Waals surface area contributed by atoms with E-state index >= 15 is 0 Å². The Morgan fingerprint density at radius 3 is 2.44 bits per heavy atom. The maximum absolute atomic E-state index is 13.2. The summed E-state index contributed by atoms with van der Waals surface area (Å²) in [5.74, 6) is -0.0611. The second-order valence-corrected chi connectivity index (χ2v) is 8.47. The summed E-state index contributed by atoms with van der Waals surface area (Å²) in [6.45, 7) is 6.38. The fourth-order valence-electron chi connectivity index (χ4n) is 3.54. The Balaban J connectivity index is 1.92. The number of rotatable bonds is 7. The third-order valence-corrected chi connectivity index (χ3v) is 6.63. The lowest BCUT2D eigenvalue weighted by molar-refractivity contribution is -0.888. The number of fused-ring (bicyclic) bond motifs is 1. The molecule has 2 N–H and O–H groups in total. The van der Waals surface area contributed by atoms with Crippen LogP contribution >= 0.6 is 22.9 Å². The van der Waals surface area contributed by atoms with Crippen molar-refractivity contribution >= 4 is 39.6 Å². The van der Waals surface area contributed by atoms with Gasteiger partial charge in [0.1, 0.15) is 5.00 Å². The Labute approximate surface area is 169 Å². The SMILES string of the molecule is CC[NH+](CC)CC(=O)Nc1sc2c(c1C(=O)c1ccc(Cl)cc1)CCCC2. The lowest BCUT2D eigenvalue weighted by Gasteiger charge is -2.15. The number of carbonyl (C=O) groups excluding carboxylic acids is 2. The molecule has 27 heavy (non-hydrogen) atoms. The van der Waals surface area contributed by atoms with Gasteiger partial charge in [0, 0.05) is 15.5 Å². The maximum atomic E-state index is 13.2. The van der Waals surface area contributed by atoms with E-state index in [1.54, 1.807) is 35.6 Å². The number of halogens is 1. The van der Waals surface area contributed by atoms with E-state index in [2.05, 4.69) is 19.2 Å². The molecule has 0 fully saturated rings. The molecule has 0 aliphatic heterocycles. The van der Waals surface area contributed by atoms with Crippen molar-refractivity contribution in [1.82, 2.24) is 0 Å². The quantitative estimate of drug-likeness (QED) is 0.694. The van der Waals surface area contributed by atoms with Gasteiger partial charge in [-0.05, 0) is 69.4 Å². The molecule has 3 rings (SSSR count). The monoisotopic (exact) mass is 405 g/mol. The molecule has 1 amide bonds. The van der Waals surface area contributed by atoms with Gasteiger partial charge in [-0.3, -0.25) is 9.59 Å². The number of quaternary nitrogens is 1. The first-order chi connectivity index (χ1) is 13.0. The average Bonchev–Trinajstić information content (AvgIpc) is 3.03. The number of hydrogen-bond donors (Lipinski definition) is 2. The minimum absolute atomic E-state index is 0.0301. The largest absolute Gasteiger partial charge is 0.328 e. The van der Waals surface area contributed by atoms with Crippen LogP contribution in [0.15, 0.2) is 24.3 Å². The van der Waals surface area contributed by atoms with Crippen LogP contribution in [0.25, 0.3) is 0 Å². The molecule has 1 heterocycles. The maximum Gasteiger partial charge on any atom is 0.280 e. The molecule has 144 valence electrons. The summed E-state index contributed by atoms with van der Waals surface area (Å²) in [7, 11) is 0. The van der Waals surface area contributed by atoms with E-state index in [0.29, 0.717) is 27.7 Å². The van der Waals surface area contributed by atoms with E-state index in [4.69, 9.17) is 11.6 Å².